The summed E-state index contributed by atoms with van der Waals surface area (Å²) in [7, 11) is 1.39. The van der Waals surface area contributed by atoms with Crippen molar-refractivity contribution in [2.24, 2.45) is 28.6 Å². The summed E-state index contributed by atoms with van der Waals surface area (Å²) in [5.74, 6) is -0.483. The van der Waals surface area contributed by atoms with E-state index in [-0.39, 0.29) is 47.1 Å². The van der Waals surface area contributed by atoms with Crippen LogP contribution < -0.4 is 0 Å². The molecule has 1 heterocycles. The molecule has 0 amide bonds. The SMILES string of the molecule is COC(=O)/C(C)=C(/C)C[C@@H]1O[C@@H]2CC3=C(CC[C@H]4[C@H]3C[C@H](O)[C@]3(O)[C@@H](O)C=CC(=O)[C@]43C)[C@]2(C)[C@@H]1C. The van der Waals surface area contributed by atoms with E-state index in [0.717, 1.165) is 24.8 Å². The molecule has 7 nitrogen and oxygen atoms in total. The molecule has 36 heavy (non-hydrogen) atoms. The van der Waals surface area contributed by atoms with Crippen molar-refractivity contribution < 1.29 is 34.4 Å². The van der Waals surface area contributed by atoms with Gasteiger partial charge in [0.15, 0.2) is 5.78 Å². The van der Waals surface area contributed by atoms with Crippen LogP contribution in [0.25, 0.3) is 0 Å². The largest absolute Gasteiger partial charge is 0.466 e. The molecular formula is C29H40O7. The first-order valence-corrected chi connectivity index (χ1v) is 13.3. The molecule has 4 aliphatic carbocycles. The van der Waals surface area contributed by atoms with Gasteiger partial charge in [-0.1, -0.05) is 30.6 Å². The molecule has 198 valence electrons. The predicted octanol–water partition coefficient (Wildman–Crippen LogP) is 3.02. The molecule has 0 bridgehead atoms. The van der Waals surface area contributed by atoms with Crippen molar-refractivity contribution >= 4 is 11.8 Å². The summed E-state index contributed by atoms with van der Waals surface area (Å²) in [4.78, 5) is 25.2. The lowest BCUT2D eigenvalue weighted by molar-refractivity contribution is -0.242. The van der Waals surface area contributed by atoms with Gasteiger partial charge in [-0.05, 0) is 82.8 Å². The van der Waals surface area contributed by atoms with E-state index < -0.39 is 23.2 Å². The van der Waals surface area contributed by atoms with Gasteiger partial charge in [-0.15, -0.1) is 0 Å². The van der Waals surface area contributed by atoms with Crippen LogP contribution in [-0.2, 0) is 19.1 Å². The summed E-state index contributed by atoms with van der Waals surface area (Å²) in [6.45, 7) is 10.0. The van der Waals surface area contributed by atoms with E-state index in [4.69, 9.17) is 9.47 Å². The van der Waals surface area contributed by atoms with Crippen LogP contribution in [0.1, 0.15) is 66.7 Å². The molecule has 5 rings (SSSR count). The molecule has 7 heteroatoms. The zero-order chi connectivity index (χ0) is 26.4. The van der Waals surface area contributed by atoms with E-state index in [1.165, 1.54) is 30.4 Å². The normalized spacial score (nSPS) is 48.1. The van der Waals surface area contributed by atoms with Gasteiger partial charge >= 0.3 is 5.97 Å². The molecule has 0 spiro atoms. The average Bonchev–Trinajstić information content (AvgIpc) is 3.27. The molecule has 3 N–H and O–H groups in total. The van der Waals surface area contributed by atoms with Crippen LogP contribution in [0, 0.1) is 28.6 Å². The molecular weight excluding hydrogens is 460 g/mol. The first-order valence-electron chi connectivity index (χ1n) is 13.3. The molecule has 0 aromatic rings. The third-order valence-electron chi connectivity index (χ3n) is 11.2. The highest BCUT2D eigenvalue weighted by atomic mass is 16.5. The number of hydrogen-bond acceptors (Lipinski definition) is 7. The Morgan fingerprint density at radius 3 is 2.61 bits per heavy atom. The van der Waals surface area contributed by atoms with Gasteiger partial charge < -0.3 is 24.8 Å². The van der Waals surface area contributed by atoms with E-state index in [2.05, 4.69) is 13.8 Å². The Morgan fingerprint density at radius 2 is 1.94 bits per heavy atom. The summed E-state index contributed by atoms with van der Waals surface area (Å²) in [6.07, 6.45) is 3.50. The zero-order valence-electron chi connectivity index (χ0n) is 22.2. The van der Waals surface area contributed by atoms with Gasteiger partial charge in [0.1, 0.15) is 11.7 Å². The Hall–Kier alpha value is -1.80. The number of esters is 1. The third-order valence-corrected chi connectivity index (χ3v) is 11.2. The minimum atomic E-state index is -1.88. The molecule has 1 aliphatic heterocycles. The van der Waals surface area contributed by atoms with Crippen LogP contribution in [0.3, 0.4) is 0 Å². The summed E-state index contributed by atoms with van der Waals surface area (Å²) in [5.41, 5.74) is 0.985. The molecule has 1 saturated carbocycles. The van der Waals surface area contributed by atoms with E-state index in [0.29, 0.717) is 18.4 Å². The van der Waals surface area contributed by atoms with Crippen molar-refractivity contribution in [2.45, 2.75) is 96.7 Å². The number of carbonyl (C=O) groups is 2. The highest BCUT2D eigenvalue weighted by Gasteiger charge is 2.70. The van der Waals surface area contributed by atoms with Gasteiger partial charge in [-0.2, -0.15) is 0 Å². The zero-order valence-corrected chi connectivity index (χ0v) is 22.2. The van der Waals surface area contributed by atoms with Crippen LogP contribution in [0.2, 0.25) is 0 Å². The monoisotopic (exact) mass is 500 g/mol. The summed E-state index contributed by atoms with van der Waals surface area (Å²) < 4.78 is 11.6. The second-order valence-electron chi connectivity index (χ2n) is 12.2. The van der Waals surface area contributed by atoms with E-state index in [1.54, 1.807) is 13.8 Å². The van der Waals surface area contributed by atoms with Crippen LogP contribution in [-0.4, -0.2) is 64.2 Å². The molecule has 0 unspecified atom stereocenters. The first-order chi connectivity index (χ1) is 16.8. The van der Waals surface area contributed by atoms with Crippen molar-refractivity contribution in [1.82, 2.24) is 0 Å². The predicted molar refractivity (Wildman–Crippen MR) is 133 cm³/mol. The first kappa shape index (κ1) is 25.8. The maximum atomic E-state index is 13.2. The number of allylic oxidation sites excluding steroid dienone is 1. The van der Waals surface area contributed by atoms with Crippen LogP contribution in [0.5, 0.6) is 0 Å². The number of methoxy groups -OCH3 is 1. The van der Waals surface area contributed by atoms with Crippen molar-refractivity contribution in [3.63, 3.8) is 0 Å². The lowest BCUT2D eigenvalue weighted by atomic mass is 9.46. The Morgan fingerprint density at radius 1 is 1.25 bits per heavy atom. The van der Waals surface area contributed by atoms with Crippen molar-refractivity contribution in [3.8, 4) is 0 Å². The highest BCUT2D eigenvalue weighted by Crippen LogP contribution is 2.66. The lowest BCUT2D eigenvalue weighted by Crippen LogP contribution is -2.72. The summed E-state index contributed by atoms with van der Waals surface area (Å²) in [6, 6.07) is 0. The maximum absolute atomic E-state index is 13.2. The van der Waals surface area contributed by atoms with Gasteiger partial charge in [0.2, 0.25) is 0 Å². The fourth-order valence-corrected chi connectivity index (χ4v) is 8.55. The number of aliphatic hydroxyl groups is 3. The fourth-order valence-electron chi connectivity index (χ4n) is 8.55. The molecule has 2 fully saturated rings. The van der Waals surface area contributed by atoms with Crippen molar-refractivity contribution in [1.29, 1.82) is 0 Å². The molecule has 0 aromatic carbocycles. The molecule has 1 saturated heterocycles. The maximum Gasteiger partial charge on any atom is 0.333 e. The quantitative estimate of drug-likeness (QED) is 0.310. The molecule has 0 aromatic heterocycles. The van der Waals surface area contributed by atoms with E-state index in [9.17, 15) is 24.9 Å². The van der Waals surface area contributed by atoms with Crippen LogP contribution in [0.4, 0.5) is 0 Å². The van der Waals surface area contributed by atoms with Gasteiger partial charge in [0.05, 0.1) is 30.8 Å². The minimum absolute atomic E-state index is 0.00536. The Kier molecular flexibility index (Phi) is 5.99. The number of ether oxygens (including phenoxy) is 2. The average molecular weight is 501 g/mol. The van der Waals surface area contributed by atoms with Gasteiger partial charge in [-0.3, -0.25) is 4.79 Å². The summed E-state index contributed by atoms with van der Waals surface area (Å²) in [5, 5.41) is 33.4. The fraction of sp³-hybridized carbons (Fsp3) is 0.724. The van der Waals surface area contributed by atoms with E-state index in [1.807, 2.05) is 6.92 Å². The number of aliphatic hydroxyl groups excluding tert-OH is 2. The second kappa shape index (κ2) is 8.35. The summed E-state index contributed by atoms with van der Waals surface area (Å²) >= 11 is 0. The Labute approximate surface area is 213 Å². The van der Waals surface area contributed by atoms with Crippen LogP contribution in [0.15, 0.2) is 34.4 Å². The molecule has 5 aliphatic rings. The second-order valence-corrected chi connectivity index (χ2v) is 12.2. The smallest absolute Gasteiger partial charge is 0.333 e. The minimum Gasteiger partial charge on any atom is -0.466 e. The van der Waals surface area contributed by atoms with E-state index >= 15 is 0 Å². The van der Waals surface area contributed by atoms with Gasteiger partial charge in [-0.25, -0.2) is 4.79 Å². The molecule has 10 atom stereocenters. The number of hydrogen-bond donors (Lipinski definition) is 3. The number of carbonyl (C=O) groups excluding carboxylic acids is 2. The Balaban J connectivity index is 1.46. The number of rotatable bonds is 3. The van der Waals surface area contributed by atoms with Crippen molar-refractivity contribution in [3.05, 3.63) is 34.4 Å². The standard InChI is InChI=1S/C29H40O7/c1-14(15(2)26(33)35-6)11-21-16(3)27(4)19-7-8-20-17(18(19)13-25(27)36-21)12-24(32)29(34)23(31)10-9-22(30)28(20,29)5/h9-10,16-17,20-21,23-25,31-32,34H,7-8,11-13H2,1-6H3/b15-14-/t16-,17+,20+,21+,23+,24+,25-,27+,28+,29-/m1/s1. The topological polar surface area (TPSA) is 113 Å². The van der Waals surface area contributed by atoms with Gasteiger partial charge in [0, 0.05) is 11.0 Å². The number of ketones is 1. The number of fused-ring (bicyclic) bond motifs is 6. The lowest BCUT2D eigenvalue weighted by Gasteiger charge is -2.60. The third kappa shape index (κ3) is 3.06. The van der Waals surface area contributed by atoms with Crippen LogP contribution >= 0.6 is 0 Å². The molecule has 0 radical (unpaired) electrons. The highest BCUT2D eigenvalue weighted by molar-refractivity contribution is 5.97. The Bertz CT molecular complexity index is 1090. The van der Waals surface area contributed by atoms with Crippen molar-refractivity contribution in [2.75, 3.05) is 7.11 Å². The van der Waals surface area contributed by atoms with Gasteiger partial charge in [0.25, 0.3) is 0 Å².